The number of pyridine rings is 1. The monoisotopic (exact) mass is 224 g/mol. The first-order valence-electron chi connectivity index (χ1n) is 4.90. The fourth-order valence-electron chi connectivity index (χ4n) is 1.92. The van der Waals surface area contributed by atoms with Crippen LogP contribution in [0.15, 0.2) is 12.3 Å². The Labute approximate surface area is 93.8 Å². The van der Waals surface area contributed by atoms with Gasteiger partial charge >= 0.3 is 0 Å². The van der Waals surface area contributed by atoms with Crippen LogP contribution in [-0.2, 0) is 10.3 Å². The molecule has 2 heterocycles. The Morgan fingerprint density at radius 1 is 1.53 bits per heavy atom. The smallest absolute Gasteiger partial charge is 0.228 e. The van der Waals surface area contributed by atoms with Gasteiger partial charge in [-0.1, -0.05) is 11.6 Å². The standard InChI is InChI=1S/C11H13ClN2O/c1-6-8-4-7(12)5-13-9(8)11(2,3)14-10(6)15/h4-6H,1-3H3,(H,14,15). The molecule has 1 aromatic heterocycles. The average molecular weight is 225 g/mol. The summed E-state index contributed by atoms with van der Waals surface area (Å²) in [7, 11) is 0. The number of hydrogen-bond acceptors (Lipinski definition) is 2. The lowest BCUT2D eigenvalue weighted by molar-refractivity contribution is -0.124. The number of carbonyl (C=O) groups excluding carboxylic acids is 1. The van der Waals surface area contributed by atoms with Gasteiger partial charge in [-0.25, -0.2) is 0 Å². The van der Waals surface area contributed by atoms with Crippen LogP contribution in [0.1, 0.15) is 37.9 Å². The van der Waals surface area contributed by atoms with Crippen LogP contribution >= 0.6 is 11.6 Å². The topological polar surface area (TPSA) is 42.0 Å². The number of fused-ring (bicyclic) bond motifs is 1. The zero-order valence-electron chi connectivity index (χ0n) is 8.97. The summed E-state index contributed by atoms with van der Waals surface area (Å²) in [5.74, 6) is -0.157. The largest absolute Gasteiger partial charge is 0.345 e. The Balaban J connectivity index is 2.64. The molecule has 0 saturated carbocycles. The molecule has 1 aliphatic rings. The van der Waals surface area contributed by atoms with Crippen molar-refractivity contribution < 1.29 is 4.79 Å². The van der Waals surface area contributed by atoms with E-state index >= 15 is 0 Å². The van der Waals surface area contributed by atoms with Crippen molar-refractivity contribution in [1.82, 2.24) is 10.3 Å². The van der Waals surface area contributed by atoms with E-state index in [1.807, 2.05) is 26.8 Å². The molecule has 80 valence electrons. The minimum Gasteiger partial charge on any atom is -0.345 e. The predicted molar refractivity (Wildman–Crippen MR) is 58.8 cm³/mol. The first-order valence-corrected chi connectivity index (χ1v) is 5.27. The van der Waals surface area contributed by atoms with Crippen molar-refractivity contribution >= 4 is 17.5 Å². The van der Waals surface area contributed by atoms with E-state index < -0.39 is 5.54 Å². The Kier molecular flexibility index (Phi) is 2.23. The van der Waals surface area contributed by atoms with Crippen molar-refractivity contribution in [3.8, 4) is 0 Å². The van der Waals surface area contributed by atoms with Crippen molar-refractivity contribution in [3.05, 3.63) is 28.5 Å². The summed E-state index contributed by atoms with van der Waals surface area (Å²) in [5, 5.41) is 3.51. The maximum Gasteiger partial charge on any atom is 0.228 e. The molecule has 15 heavy (non-hydrogen) atoms. The third-order valence-corrected chi connectivity index (χ3v) is 2.98. The molecule has 0 bridgehead atoms. The van der Waals surface area contributed by atoms with Crippen molar-refractivity contribution in [2.75, 3.05) is 0 Å². The molecular formula is C11H13ClN2O. The number of rotatable bonds is 0. The van der Waals surface area contributed by atoms with Crippen LogP contribution < -0.4 is 5.32 Å². The van der Waals surface area contributed by atoms with E-state index in [2.05, 4.69) is 10.3 Å². The first-order chi connectivity index (χ1) is 6.92. The summed E-state index contributed by atoms with van der Waals surface area (Å²) in [6, 6.07) is 1.83. The van der Waals surface area contributed by atoms with Crippen LogP contribution in [0.25, 0.3) is 0 Å². The molecule has 0 fully saturated rings. The first kappa shape index (κ1) is 10.4. The van der Waals surface area contributed by atoms with Crippen LogP contribution in [0.2, 0.25) is 5.02 Å². The summed E-state index contributed by atoms with van der Waals surface area (Å²) >= 11 is 5.89. The summed E-state index contributed by atoms with van der Waals surface area (Å²) in [6.45, 7) is 5.74. The van der Waals surface area contributed by atoms with Gasteiger partial charge in [0.25, 0.3) is 0 Å². The normalized spacial score (nSPS) is 23.2. The summed E-state index contributed by atoms with van der Waals surface area (Å²) in [4.78, 5) is 16.0. The van der Waals surface area contributed by atoms with Crippen LogP contribution in [0.4, 0.5) is 0 Å². The second-order valence-corrected chi connectivity index (χ2v) is 4.86. The molecular weight excluding hydrogens is 212 g/mol. The SMILES string of the molecule is CC1C(=O)NC(C)(C)c2ncc(Cl)cc21. The van der Waals surface area contributed by atoms with Crippen LogP contribution in [0.5, 0.6) is 0 Å². The van der Waals surface area contributed by atoms with Crippen molar-refractivity contribution in [2.24, 2.45) is 0 Å². The lowest BCUT2D eigenvalue weighted by atomic mass is 9.84. The van der Waals surface area contributed by atoms with Gasteiger partial charge in [0.05, 0.1) is 22.2 Å². The Morgan fingerprint density at radius 2 is 2.20 bits per heavy atom. The van der Waals surface area contributed by atoms with E-state index in [4.69, 9.17) is 11.6 Å². The van der Waals surface area contributed by atoms with Gasteiger partial charge in [-0.05, 0) is 32.4 Å². The van der Waals surface area contributed by atoms with E-state index in [1.165, 1.54) is 0 Å². The average Bonchev–Trinajstić information content (AvgIpc) is 2.13. The number of carbonyl (C=O) groups is 1. The Hall–Kier alpha value is -1.09. The number of aromatic nitrogens is 1. The zero-order chi connectivity index (χ0) is 11.2. The number of nitrogens with zero attached hydrogens (tertiary/aromatic N) is 1. The molecule has 1 atom stereocenters. The molecule has 0 aliphatic carbocycles. The molecule has 1 N–H and O–H groups in total. The van der Waals surface area contributed by atoms with Gasteiger partial charge in [-0.2, -0.15) is 0 Å². The maximum absolute atomic E-state index is 11.7. The molecule has 0 aromatic carbocycles. The van der Waals surface area contributed by atoms with Gasteiger partial charge in [-0.3, -0.25) is 9.78 Å². The van der Waals surface area contributed by atoms with Gasteiger partial charge in [0.2, 0.25) is 5.91 Å². The minimum atomic E-state index is -0.413. The Morgan fingerprint density at radius 3 is 2.87 bits per heavy atom. The van der Waals surface area contributed by atoms with Crippen LogP contribution in [0, 0.1) is 0 Å². The highest BCUT2D eigenvalue weighted by molar-refractivity contribution is 6.30. The highest BCUT2D eigenvalue weighted by Crippen LogP contribution is 2.33. The molecule has 1 aromatic rings. The molecule has 1 amide bonds. The van der Waals surface area contributed by atoms with Crippen molar-refractivity contribution in [1.29, 1.82) is 0 Å². The van der Waals surface area contributed by atoms with Crippen LogP contribution in [0.3, 0.4) is 0 Å². The van der Waals surface area contributed by atoms with E-state index in [0.29, 0.717) is 5.02 Å². The molecule has 0 spiro atoms. The van der Waals surface area contributed by atoms with E-state index in [9.17, 15) is 4.79 Å². The third-order valence-electron chi connectivity index (χ3n) is 2.77. The molecule has 0 radical (unpaired) electrons. The van der Waals surface area contributed by atoms with E-state index in [1.54, 1.807) is 6.20 Å². The molecule has 1 unspecified atom stereocenters. The number of nitrogens with one attached hydrogen (secondary N) is 1. The van der Waals surface area contributed by atoms with Gasteiger partial charge in [0.1, 0.15) is 0 Å². The predicted octanol–water partition coefficient (Wildman–Crippen LogP) is 2.20. The number of halogens is 1. The number of hydrogen-bond donors (Lipinski definition) is 1. The molecule has 1 aliphatic heterocycles. The maximum atomic E-state index is 11.7. The van der Waals surface area contributed by atoms with Crippen molar-refractivity contribution in [2.45, 2.75) is 32.2 Å². The van der Waals surface area contributed by atoms with Gasteiger partial charge in [-0.15, -0.1) is 0 Å². The summed E-state index contributed by atoms with van der Waals surface area (Å²) < 4.78 is 0. The lowest BCUT2D eigenvalue weighted by Gasteiger charge is -2.35. The third kappa shape index (κ3) is 1.61. The van der Waals surface area contributed by atoms with E-state index in [0.717, 1.165) is 11.3 Å². The summed E-state index contributed by atoms with van der Waals surface area (Å²) in [5.41, 5.74) is 1.42. The second-order valence-electron chi connectivity index (χ2n) is 4.43. The molecule has 2 rings (SSSR count). The van der Waals surface area contributed by atoms with Crippen molar-refractivity contribution in [3.63, 3.8) is 0 Å². The van der Waals surface area contributed by atoms with Gasteiger partial charge in [0, 0.05) is 6.20 Å². The summed E-state index contributed by atoms with van der Waals surface area (Å²) in [6.07, 6.45) is 1.62. The highest BCUT2D eigenvalue weighted by atomic mass is 35.5. The minimum absolute atomic E-state index is 0.0246. The zero-order valence-corrected chi connectivity index (χ0v) is 9.72. The van der Waals surface area contributed by atoms with Gasteiger partial charge in [0.15, 0.2) is 0 Å². The fraction of sp³-hybridized carbons (Fsp3) is 0.455. The second kappa shape index (κ2) is 3.20. The van der Waals surface area contributed by atoms with Crippen LogP contribution in [-0.4, -0.2) is 10.9 Å². The van der Waals surface area contributed by atoms with E-state index in [-0.39, 0.29) is 11.8 Å². The fourth-order valence-corrected chi connectivity index (χ4v) is 2.09. The molecule has 3 nitrogen and oxygen atoms in total. The molecule has 0 saturated heterocycles. The highest BCUT2D eigenvalue weighted by Gasteiger charge is 2.36. The number of amides is 1. The van der Waals surface area contributed by atoms with Gasteiger partial charge < -0.3 is 5.32 Å². The molecule has 4 heteroatoms. The lowest BCUT2D eigenvalue weighted by Crippen LogP contribution is -2.48. The quantitative estimate of drug-likeness (QED) is 0.734. The Bertz CT molecular complexity index is 429.